The van der Waals surface area contributed by atoms with Gasteiger partial charge < -0.3 is 0 Å². The summed E-state index contributed by atoms with van der Waals surface area (Å²) in [6, 6.07) is 3.34. The molecule has 0 fully saturated rings. The van der Waals surface area contributed by atoms with Crippen molar-refractivity contribution in [1.82, 2.24) is 4.98 Å². The quantitative estimate of drug-likeness (QED) is 0.796. The van der Waals surface area contributed by atoms with E-state index in [1.807, 2.05) is 0 Å². The Labute approximate surface area is 95.2 Å². The second-order valence-corrected chi connectivity index (χ2v) is 4.17. The van der Waals surface area contributed by atoms with Crippen LogP contribution in [0.15, 0.2) is 23.6 Å². The highest BCUT2D eigenvalue weighted by molar-refractivity contribution is 7.79. The third-order valence-electron chi connectivity index (χ3n) is 1.89. The fourth-order valence-electron chi connectivity index (χ4n) is 1.20. The molecule has 5 heteroatoms. The van der Waals surface area contributed by atoms with E-state index in [4.69, 9.17) is 0 Å². The van der Waals surface area contributed by atoms with Crippen molar-refractivity contribution < 1.29 is 8.78 Å². The Balaban J connectivity index is 2.48. The fourth-order valence-corrected chi connectivity index (χ4v) is 2.15. The summed E-state index contributed by atoms with van der Waals surface area (Å²) in [5.41, 5.74) is 0.653. The van der Waals surface area contributed by atoms with E-state index in [0.717, 1.165) is 23.2 Å². The van der Waals surface area contributed by atoms with Gasteiger partial charge in [-0.3, -0.25) is 0 Å². The minimum absolute atomic E-state index is 0.194. The number of benzene rings is 1. The van der Waals surface area contributed by atoms with Crippen LogP contribution in [0.3, 0.4) is 0 Å². The van der Waals surface area contributed by atoms with Crippen LogP contribution in [0.4, 0.5) is 8.78 Å². The average Bonchev–Trinajstić information content (AvgIpc) is 2.70. The average molecular weight is 243 g/mol. The molecule has 1 aromatic heterocycles. The molecule has 1 nitrogen and oxygen atoms in total. The molecule has 0 unspecified atom stereocenters. The van der Waals surface area contributed by atoms with Gasteiger partial charge in [0.1, 0.15) is 16.6 Å². The van der Waals surface area contributed by atoms with Gasteiger partial charge in [-0.2, -0.15) is 12.6 Å². The Morgan fingerprint density at radius 3 is 2.80 bits per heavy atom. The van der Waals surface area contributed by atoms with Crippen molar-refractivity contribution >= 4 is 24.0 Å². The first-order valence-electron chi connectivity index (χ1n) is 4.21. The predicted octanol–water partition coefficient (Wildman–Crippen LogP) is 3.52. The van der Waals surface area contributed by atoms with Crippen molar-refractivity contribution in [3.63, 3.8) is 0 Å². The molecule has 0 aliphatic rings. The van der Waals surface area contributed by atoms with Crippen LogP contribution >= 0.6 is 24.0 Å². The van der Waals surface area contributed by atoms with Gasteiger partial charge in [-0.1, -0.05) is 0 Å². The van der Waals surface area contributed by atoms with Crippen molar-refractivity contribution in [2.45, 2.75) is 5.75 Å². The van der Waals surface area contributed by atoms with E-state index < -0.39 is 11.6 Å². The number of thiazole rings is 1. The van der Waals surface area contributed by atoms with Crippen LogP contribution in [-0.4, -0.2) is 4.98 Å². The molecule has 1 aromatic carbocycles. The second-order valence-electron chi connectivity index (χ2n) is 2.91. The summed E-state index contributed by atoms with van der Waals surface area (Å²) in [5, 5.41) is 2.49. The molecule has 0 amide bonds. The molecule has 2 rings (SSSR count). The van der Waals surface area contributed by atoms with Gasteiger partial charge in [0.05, 0.1) is 5.69 Å². The summed E-state index contributed by atoms with van der Waals surface area (Å²) < 4.78 is 26.3. The Morgan fingerprint density at radius 1 is 1.33 bits per heavy atom. The molecule has 0 N–H and O–H groups in total. The maximum absolute atomic E-state index is 13.3. The summed E-state index contributed by atoms with van der Waals surface area (Å²) in [6.07, 6.45) is 0. The molecule has 0 spiro atoms. The molecule has 15 heavy (non-hydrogen) atoms. The highest BCUT2D eigenvalue weighted by Gasteiger charge is 2.09. The van der Waals surface area contributed by atoms with Crippen molar-refractivity contribution in [3.8, 4) is 11.3 Å². The van der Waals surface area contributed by atoms with Gasteiger partial charge in [0.25, 0.3) is 0 Å². The van der Waals surface area contributed by atoms with Crippen LogP contribution in [0.5, 0.6) is 0 Å². The summed E-state index contributed by atoms with van der Waals surface area (Å²) >= 11 is 5.44. The lowest BCUT2D eigenvalue weighted by Crippen LogP contribution is -1.87. The first kappa shape index (κ1) is 10.6. The SMILES string of the molecule is Fc1ccc(F)c(-c2csc(CS)n2)c1. The third-order valence-corrected chi connectivity index (χ3v) is 3.25. The van der Waals surface area contributed by atoms with E-state index in [9.17, 15) is 8.78 Å². The van der Waals surface area contributed by atoms with E-state index in [1.165, 1.54) is 11.3 Å². The van der Waals surface area contributed by atoms with Crippen LogP contribution in [-0.2, 0) is 5.75 Å². The molecule has 78 valence electrons. The third kappa shape index (κ3) is 2.18. The van der Waals surface area contributed by atoms with E-state index >= 15 is 0 Å². The van der Waals surface area contributed by atoms with Crippen LogP contribution in [0.25, 0.3) is 11.3 Å². The lowest BCUT2D eigenvalue weighted by Gasteiger charge is -1.98. The molecule has 1 heterocycles. The summed E-state index contributed by atoms with van der Waals surface area (Å²) in [6.45, 7) is 0. The molecule has 0 bridgehead atoms. The number of nitrogens with zero attached hydrogens (tertiary/aromatic N) is 1. The van der Waals surface area contributed by atoms with Gasteiger partial charge >= 0.3 is 0 Å². The lowest BCUT2D eigenvalue weighted by atomic mass is 10.1. The Morgan fingerprint density at radius 2 is 2.13 bits per heavy atom. The zero-order valence-corrected chi connectivity index (χ0v) is 9.29. The van der Waals surface area contributed by atoms with Gasteiger partial charge in [-0.05, 0) is 18.2 Å². The Kier molecular flexibility index (Phi) is 3.02. The zero-order chi connectivity index (χ0) is 10.8. The maximum Gasteiger partial charge on any atom is 0.132 e. The smallest absolute Gasteiger partial charge is 0.132 e. The molecule has 0 saturated heterocycles. The molecular weight excluding hydrogens is 236 g/mol. The van der Waals surface area contributed by atoms with Crippen LogP contribution in [0.2, 0.25) is 0 Å². The molecule has 0 radical (unpaired) electrons. The summed E-state index contributed by atoms with van der Waals surface area (Å²) in [7, 11) is 0. The number of aromatic nitrogens is 1. The monoisotopic (exact) mass is 243 g/mol. The largest absolute Gasteiger partial charge is 0.240 e. The standard InChI is InChI=1S/C10H7F2NS2/c11-6-1-2-8(12)7(3-6)9-5-15-10(4-14)13-9/h1-3,5,14H,4H2. The van der Waals surface area contributed by atoms with Crippen LogP contribution < -0.4 is 0 Å². The van der Waals surface area contributed by atoms with Crippen molar-refractivity contribution in [1.29, 1.82) is 0 Å². The summed E-state index contributed by atoms with van der Waals surface area (Å²) in [5.74, 6) is -0.430. The number of halogens is 2. The Hall–Kier alpha value is -0.940. The molecule has 0 saturated carbocycles. The van der Waals surface area contributed by atoms with Crippen LogP contribution in [0.1, 0.15) is 5.01 Å². The van der Waals surface area contributed by atoms with Crippen molar-refractivity contribution in [3.05, 3.63) is 40.2 Å². The number of rotatable bonds is 2. The Bertz CT molecular complexity index is 482. The molecule has 2 aromatic rings. The van der Waals surface area contributed by atoms with E-state index in [0.29, 0.717) is 11.4 Å². The van der Waals surface area contributed by atoms with E-state index in [-0.39, 0.29) is 5.56 Å². The fraction of sp³-hybridized carbons (Fsp3) is 0.100. The molecule has 0 atom stereocenters. The number of thiol groups is 1. The van der Waals surface area contributed by atoms with Crippen LogP contribution in [0, 0.1) is 11.6 Å². The molecule has 0 aliphatic carbocycles. The topological polar surface area (TPSA) is 12.9 Å². The van der Waals surface area contributed by atoms with Gasteiger partial charge in [-0.25, -0.2) is 13.8 Å². The lowest BCUT2D eigenvalue weighted by molar-refractivity contribution is 0.602. The normalized spacial score (nSPS) is 10.6. The summed E-state index contributed by atoms with van der Waals surface area (Å²) in [4.78, 5) is 4.14. The zero-order valence-electron chi connectivity index (χ0n) is 7.58. The molecular formula is C10H7F2NS2. The van der Waals surface area contributed by atoms with Crippen molar-refractivity contribution in [2.75, 3.05) is 0 Å². The minimum atomic E-state index is -0.466. The van der Waals surface area contributed by atoms with Gasteiger partial charge in [0.2, 0.25) is 0 Å². The number of hydrogen-bond acceptors (Lipinski definition) is 3. The number of hydrogen-bond donors (Lipinski definition) is 1. The minimum Gasteiger partial charge on any atom is -0.240 e. The van der Waals surface area contributed by atoms with Gasteiger partial charge in [0.15, 0.2) is 0 Å². The van der Waals surface area contributed by atoms with Gasteiger partial charge in [0, 0.05) is 16.7 Å². The highest BCUT2D eigenvalue weighted by atomic mass is 32.1. The maximum atomic E-state index is 13.3. The van der Waals surface area contributed by atoms with E-state index in [2.05, 4.69) is 17.6 Å². The predicted molar refractivity (Wildman–Crippen MR) is 60.2 cm³/mol. The second kappa shape index (κ2) is 4.28. The first-order valence-corrected chi connectivity index (χ1v) is 5.72. The van der Waals surface area contributed by atoms with Crippen molar-refractivity contribution in [2.24, 2.45) is 0 Å². The van der Waals surface area contributed by atoms with Gasteiger partial charge in [-0.15, -0.1) is 11.3 Å². The highest BCUT2D eigenvalue weighted by Crippen LogP contribution is 2.25. The van der Waals surface area contributed by atoms with E-state index in [1.54, 1.807) is 5.38 Å². The first-order chi connectivity index (χ1) is 7.20. The molecule has 0 aliphatic heterocycles.